The molecule has 8 heteroatoms. The van der Waals surface area contributed by atoms with E-state index in [1.54, 1.807) is 0 Å². The maximum absolute atomic E-state index is 13.4. The average molecular weight is 478 g/mol. The summed E-state index contributed by atoms with van der Waals surface area (Å²) < 4.78 is 18.5. The second kappa shape index (κ2) is 10.0. The first kappa shape index (κ1) is 27.3. The third-order valence-corrected chi connectivity index (χ3v) is 8.21. The van der Waals surface area contributed by atoms with Gasteiger partial charge in [-0.05, 0) is 76.5 Å². The van der Waals surface area contributed by atoms with Crippen molar-refractivity contribution in [3.8, 4) is 0 Å². The average Bonchev–Trinajstić information content (AvgIpc) is 3.05. The van der Waals surface area contributed by atoms with Gasteiger partial charge in [0.05, 0.1) is 17.6 Å². The molecular weight excluding hydrogens is 431 g/mol. The molecule has 4 aliphatic rings. The zero-order valence-corrected chi connectivity index (χ0v) is 22.8. The monoisotopic (exact) mass is 478 g/mol. The van der Waals surface area contributed by atoms with Crippen molar-refractivity contribution in [1.29, 1.82) is 0 Å². The Morgan fingerprint density at radius 3 is 2.38 bits per heavy atom. The molecule has 0 aromatic rings. The molecule has 0 aromatic carbocycles. The molecule has 0 spiro atoms. The highest BCUT2D eigenvalue weighted by Crippen LogP contribution is 2.65. The fourth-order valence-electron chi connectivity index (χ4n) is 6.21. The van der Waals surface area contributed by atoms with Gasteiger partial charge in [-0.15, -0.1) is 0 Å². The van der Waals surface area contributed by atoms with Crippen LogP contribution in [0.4, 0.5) is 4.79 Å². The minimum atomic E-state index is -0.676. The van der Waals surface area contributed by atoms with Crippen molar-refractivity contribution in [2.45, 2.75) is 130 Å². The lowest BCUT2D eigenvalue weighted by Crippen LogP contribution is -2.65. The Hall–Kier alpha value is -1.28. The molecule has 0 aromatic heterocycles. The summed E-state index contributed by atoms with van der Waals surface area (Å²) in [6, 6.07) is -0.676. The molecule has 3 saturated carbocycles. The van der Waals surface area contributed by atoms with Crippen molar-refractivity contribution < 1.29 is 23.6 Å². The zero-order valence-electron chi connectivity index (χ0n) is 22.8. The standard InChI is InChI=1S/C26H47BN2O5/c1-10-11-12-21(27-33-20-15-17-14-19(25(17,7)8)26(20,9)34-27)29-22(30)18(13-16(2)3)28-23(31)32-24(4,5)6/h16-21H,10-15H2,1-9H3,(H,28,31)(H,29,30)/t17-,18-,19-,20?,21-,26-/m0/s1. The van der Waals surface area contributed by atoms with Gasteiger partial charge >= 0.3 is 13.2 Å². The smallest absolute Gasteiger partial charge is 0.444 e. The van der Waals surface area contributed by atoms with Crippen LogP contribution >= 0.6 is 0 Å². The van der Waals surface area contributed by atoms with E-state index in [1.165, 1.54) is 6.42 Å². The van der Waals surface area contributed by atoms with Gasteiger partial charge in [0.1, 0.15) is 11.6 Å². The number of carbonyl (C=O) groups is 2. The molecule has 194 valence electrons. The Labute approximate surface area is 207 Å². The number of carbonyl (C=O) groups excluding carboxylic acids is 2. The van der Waals surface area contributed by atoms with Gasteiger partial charge in [0, 0.05) is 0 Å². The molecule has 2 bridgehead atoms. The molecule has 4 fully saturated rings. The number of ether oxygens (including phenoxy) is 1. The fraction of sp³-hybridized carbons (Fsp3) is 0.923. The summed E-state index contributed by atoms with van der Waals surface area (Å²) in [4.78, 5) is 25.8. The van der Waals surface area contributed by atoms with Crippen LogP contribution in [0.3, 0.4) is 0 Å². The Morgan fingerprint density at radius 2 is 1.82 bits per heavy atom. The number of nitrogens with one attached hydrogen (secondary N) is 2. The van der Waals surface area contributed by atoms with Crippen molar-refractivity contribution in [1.82, 2.24) is 10.6 Å². The van der Waals surface area contributed by atoms with E-state index in [2.05, 4.69) is 38.3 Å². The minimum absolute atomic E-state index is 0.0710. The molecule has 1 unspecified atom stereocenters. The first-order valence-corrected chi connectivity index (χ1v) is 13.3. The van der Waals surface area contributed by atoms with Crippen LogP contribution in [0.5, 0.6) is 0 Å². The fourth-order valence-corrected chi connectivity index (χ4v) is 6.21. The van der Waals surface area contributed by atoms with E-state index < -0.39 is 24.9 Å². The quantitative estimate of drug-likeness (QED) is 0.462. The molecule has 6 atom stereocenters. The Bertz CT molecular complexity index is 752. The topological polar surface area (TPSA) is 85.9 Å². The third kappa shape index (κ3) is 5.75. The van der Waals surface area contributed by atoms with Crippen molar-refractivity contribution in [3.05, 3.63) is 0 Å². The van der Waals surface area contributed by atoms with Gasteiger partial charge in [-0.3, -0.25) is 4.79 Å². The molecule has 1 heterocycles. The number of hydrogen-bond donors (Lipinski definition) is 2. The second-order valence-corrected chi connectivity index (χ2v) is 12.9. The van der Waals surface area contributed by atoms with Gasteiger partial charge < -0.3 is 24.7 Å². The highest BCUT2D eigenvalue weighted by molar-refractivity contribution is 6.47. The predicted octanol–water partition coefficient (Wildman–Crippen LogP) is 4.87. The predicted molar refractivity (Wildman–Crippen MR) is 134 cm³/mol. The molecule has 3 aliphatic carbocycles. The zero-order chi connectivity index (χ0) is 25.5. The number of hydrogen-bond acceptors (Lipinski definition) is 5. The molecule has 1 aliphatic heterocycles. The van der Waals surface area contributed by atoms with Crippen LogP contribution in [0, 0.1) is 23.2 Å². The summed E-state index contributed by atoms with van der Waals surface area (Å²) in [5.74, 6) is 0.909. The van der Waals surface area contributed by atoms with Crippen LogP contribution in [-0.4, -0.2) is 48.4 Å². The summed E-state index contributed by atoms with van der Waals surface area (Å²) in [6.07, 6.45) is 4.97. The SMILES string of the molecule is CCCC[C@H](NC(=O)[C@H](CC(C)C)NC(=O)OC(C)(C)C)B1OC2C[C@@H]3C[C@@H](C3(C)C)[C@]2(C)O1. The van der Waals surface area contributed by atoms with Crippen LogP contribution < -0.4 is 10.6 Å². The van der Waals surface area contributed by atoms with Gasteiger partial charge in [-0.2, -0.15) is 0 Å². The van der Waals surface area contributed by atoms with Crippen LogP contribution in [-0.2, 0) is 18.8 Å². The minimum Gasteiger partial charge on any atom is -0.444 e. The van der Waals surface area contributed by atoms with E-state index in [4.69, 9.17) is 14.0 Å². The molecule has 4 rings (SSSR count). The molecule has 0 radical (unpaired) electrons. The Morgan fingerprint density at radius 1 is 1.15 bits per heavy atom. The first-order valence-electron chi connectivity index (χ1n) is 13.3. The summed E-state index contributed by atoms with van der Waals surface area (Å²) in [6.45, 7) is 18.5. The molecule has 1 saturated heterocycles. The molecule has 2 N–H and O–H groups in total. The van der Waals surface area contributed by atoms with Gasteiger partial charge in [0.15, 0.2) is 0 Å². The van der Waals surface area contributed by atoms with E-state index in [9.17, 15) is 9.59 Å². The van der Waals surface area contributed by atoms with Crippen molar-refractivity contribution in [2.75, 3.05) is 0 Å². The first-order chi connectivity index (χ1) is 15.7. The lowest BCUT2D eigenvalue weighted by molar-refractivity contribution is -0.199. The van der Waals surface area contributed by atoms with Gasteiger partial charge in [-0.1, -0.05) is 47.5 Å². The molecule has 34 heavy (non-hydrogen) atoms. The lowest BCUT2D eigenvalue weighted by atomic mass is 9.43. The normalized spacial score (nSPS) is 31.4. The highest BCUT2D eigenvalue weighted by atomic mass is 16.7. The highest BCUT2D eigenvalue weighted by Gasteiger charge is 2.68. The van der Waals surface area contributed by atoms with E-state index in [-0.39, 0.29) is 34.9 Å². The van der Waals surface area contributed by atoms with Crippen molar-refractivity contribution >= 4 is 19.1 Å². The van der Waals surface area contributed by atoms with Gasteiger partial charge in [-0.25, -0.2) is 4.79 Å². The van der Waals surface area contributed by atoms with Crippen LogP contribution in [0.15, 0.2) is 0 Å². The molecule has 7 nitrogen and oxygen atoms in total. The lowest BCUT2D eigenvalue weighted by Gasteiger charge is -2.64. The molecular formula is C26H47BN2O5. The van der Waals surface area contributed by atoms with E-state index in [1.807, 2.05) is 34.6 Å². The number of amides is 2. The Kier molecular flexibility index (Phi) is 8.03. The van der Waals surface area contributed by atoms with Gasteiger partial charge in [0.25, 0.3) is 0 Å². The Balaban J connectivity index is 1.70. The van der Waals surface area contributed by atoms with Crippen molar-refractivity contribution in [2.24, 2.45) is 23.2 Å². The summed E-state index contributed by atoms with van der Waals surface area (Å²) >= 11 is 0. The van der Waals surface area contributed by atoms with Crippen molar-refractivity contribution in [3.63, 3.8) is 0 Å². The summed E-state index contributed by atoms with van der Waals surface area (Å²) in [7, 11) is -0.470. The molecule has 2 amide bonds. The number of unbranched alkanes of at least 4 members (excludes halogenated alkanes) is 1. The largest absolute Gasteiger partial charge is 0.481 e. The maximum Gasteiger partial charge on any atom is 0.481 e. The van der Waals surface area contributed by atoms with Gasteiger partial charge in [0.2, 0.25) is 5.91 Å². The van der Waals surface area contributed by atoms with Crippen LogP contribution in [0.2, 0.25) is 0 Å². The summed E-state index contributed by atoms with van der Waals surface area (Å²) in [5, 5.41) is 5.97. The summed E-state index contributed by atoms with van der Waals surface area (Å²) in [5.41, 5.74) is -0.673. The third-order valence-electron chi connectivity index (χ3n) is 8.21. The van der Waals surface area contributed by atoms with E-state index in [0.717, 1.165) is 25.7 Å². The number of alkyl carbamates (subject to hydrolysis) is 1. The number of rotatable bonds is 9. The van der Waals surface area contributed by atoms with E-state index in [0.29, 0.717) is 18.3 Å². The van der Waals surface area contributed by atoms with Crippen LogP contribution in [0.25, 0.3) is 0 Å². The van der Waals surface area contributed by atoms with Crippen LogP contribution in [0.1, 0.15) is 101 Å². The maximum atomic E-state index is 13.4. The van der Waals surface area contributed by atoms with E-state index >= 15 is 0 Å². The second-order valence-electron chi connectivity index (χ2n) is 12.9.